The van der Waals surface area contributed by atoms with E-state index in [4.69, 9.17) is 4.74 Å². The van der Waals surface area contributed by atoms with Gasteiger partial charge in [0, 0.05) is 16.3 Å². The van der Waals surface area contributed by atoms with Gasteiger partial charge in [-0.1, -0.05) is 30.3 Å². The second kappa shape index (κ2) is 4.08. The maximum atomic E-state index is 11.6. The predicted octanol–water partition coefficient (Wildman–Crippen LogP) is 4.13. The average molecular weight is 281 g/mol. The van der Waals surface area contributed by atoms with Gasteiger partial charge in [-0.15, -0.1) is 0 Å². The van der Waals surface area contributed by atoms with E-state index in [-0.39, 0.29) is 0 Å². The van der Waals surface area contributed by atoms with Crippen LogP contribution >= 0.6 is 11.5 Å². The zero-order valence-electron chi connectivity index (χ0n) is 10.8. The molecule has 0 radical (unpaired) electrons. The first-order valence-electron chi connectivity index (χ1n) is 6.29. The molecule has 0 aliphatic carbocycles. The van der Waals surface area contributed by atoms with Gasteiger partial charge in [-0.3, -0.25) is 8.58 Å². The number of ether oxygens (including phenoxy) is 1. The molecule has 4 heteroatoms. The Kier molecular flexibility index (Phi) is 2.35. The molecule has 0 aliphatic rings. The van der Waals surface area contributed by atoms with Gasteiger partial charge in [-0.05, 0) is 23.7 Å². The first-order chi connectivity index (χ1) is 9.85. The molecule has 0 atom stereocenters. The second-order valence-electron chi connectivity index (χ2n) is 4.62. The lowest BCUT2D eigenvalue weighted by Gasteiger charge is -1.99. The van der Waals surface area contributed by atoms with Crippen molar-refractivity contribution in [2.45, 2.75) is 0 Å². The molecule has 0 aliphatic heterocycles. The van der Waals surface area contributed by atoms with Crippen LogP contribution in [0.1, 0.15) is 10.4 Å². The maximum absolute atomic E-state index is 11.6. The fraction of sp³-hybridized carbons (Fsp3) is 0.0625. The van der Waals surface area contributed by atoms with Crippen molar-refractivity contribution in [1.29, 1.82) is 0 Å². The number of para-hydroxylation sites is 1. The summed E-state index contributed by atoms with van der Waals surface area (Å²) in [6.45, 7) is 0. The smallest absolute Gasteiger partial charge is 0.152 e. The quantitative estimate of drug-likeness (QED) is 0.517. The Morgan fingerprint density at radius 1 is 1.10 bits per heavy atom. The lowest BCUT2D eigenvalue weighted by molar-refractivity contribution is 0.112. The maximum Gasteiger partial charge on any atom is 0.152 e. The summed E-state index contributed by atoms with van der Waals surface area (Å²) < 4.78 is 8.61. The largest absolute Gasteiger partial charge is 0.495 e. The highest BCUT2D eigenvalue weighted by molar-refractivity contribution is 7.15. The molecule has 0 saturated heterocycles. The van der Waals surface area contributed by atoms with Gasteiger partial charge < -0.3 is 4.74 Å². The lowest BCUT2D eigenvalue weighted by atomic mass is 10.1. The van der Waals surface area contributed by atoms with E-state index < -0.39 is 0 Å². The number of aromatic nitrogens is 1. The van der Waals surface area contributed by atoms with Crippen LogP contribution in [0.25, 0.3) is 26.5 Å². The Hall–Kier alpha value is -2.33. The van der Waals surface area contributed by atoms with Gasteiger partial charge in [0.2, 0.25) is 0 Å². The minimum Gasteiger partial charge on any atom is -0.495 e. The highest BCUT2D eigenvalue weighted by atomic mass is 32.1. The van der Waals surface area contributed by atoms with E-state index in [0.29, 0.717) is 0 Å². The summed E-state index contributed by atoms with van der Waals surface area (Å²) in [5.74, 6) is 0.845. The first-order valence-corrected chi connectivity index (χ1v) is 7.07. The van der Waals surface area contributed by atoms with Crippen LogP contribution < -0.4 is 4.74 Å². The van der Waals surface area contributed by atoms with Crippen molar-refractivity contribution in [2.75, 3.05) is 7.11 Å². The number of hydrogen-bond donors (Lipinski definition) is 0. The summed E-state index contributed by atoms with van der Waals surface area (Å²) >= 11 is 1.61. The minimum atomic E-state index is 0.750. The summed E-state index contributed by atoms with van der Waals surface area (Å²) in [7, 11) is 1.67. The number of fused-ring (bicyclic) bond motifs is 5. The van der Waals surface area contributed by atoms with Crippen LogP contribution in [0.3, 0.4) is 0 Å². The summed E-state index contributed by atoms with van der Waals surface area (Å²) in [4.78, 5) is 11.6. The Labute approximate surface area is 119 Å². The molecule has 0 bridgehead atoms. The number of carbonyl (C=O) groups is 1. The fourth-order valence-corrected chi connectivity index (χ4v) is 3.99. The average Bonchev–Trinajstić information content (AvgIpc) is 3.01. The Morgan fingerprint density at radius 3 is 2.70 bits per heavy atom. The Balaban J connectivity index is 2.32. The highest BCUT2D eigenvalue weighted by Crippen LogP contribution is 2.39. The number of benzene rings is 2. The fourth-order valence-electron chi connectivity index (χ4n) is 2.75. The normalized spacial score (nSPS) is 11.4. The van der Waals surface area contributed by atoms with Crippen LogP contribution in [0, 0.1) is 0 Å². The van der Waals surface area contributed by atoms with Crippen molar-refractivity contribution in [3.63, 3.8) is 0 Å². The van der Waals surface area contributed by atoms with Crippen LogP contribution in [-0.2, 0) is 0 Å². The van der Waals surface area contributed by atoms with Crippen molar-refractivity contribution in [3.05, 3.63) is 48.0 Å². The molecule has 4 aromatic rings. The molecule has 20 heavy (non-hydrogen) atoms. The van der Waals surface area contributed by atoms with Crippen molar-refractivity contribution < 1.29 is 9.53 Å². The molecule has 2 aromatic carbocycles. The minimum absolute atomic E-state index is 0.750. The summed E-state index contributed by atoms with van der Waals surface area (Å²) in [5.41, 5.74) is 2.79. The van der Waals surface area contributed by atoms with E-state index in [1.54, 1.807) is 18.6 Å². The van der Waals surface area contributed by atoms with E-state index in [1.165, 1.54) is 0 Å². The van der Waals surface area contributed by atoms with Crippen LogP contribution in [-0.4, -0.2) is 17.2 Å². The van der Waals surface area contributed by atoms with E-state index in [1.807, 2.05) is 42.5 Å². The van der Waals surface area contributed by atoms with Gasteiger partial charge in [0.05, 0.1) is 22.8 Å². The molecule has 98 valence electrons. The number of rotatable bonds is 2. The molecule has 0 saturated carbocycles. The van der Waals surface area contributed by atoms with Gasteiger partial charge in [0.25, 0.3) is 0 Å². The van der Waals surface area contributed by atoms with Crippen LogP contribution in [0.4, 0.5) is 0 Å². The zero-order chi connectivity index (χ0) is 13.7. The summed E-state index contributed by atoms with van der Waals surface area (Å²) in [6.07, 6.45) is 0.948. The topological polar surface area (TPSA) is 30.7 Å². The number of carbonyl (C=O) groups excluding carboxylic acids is 1. The molecular formula is C16H11NO2S. The van der Waals surface area contributed by atoms with Crippen molar-refractivity contribution >= 4 is 44.3 Å². The lowest BCUT2D eigenvalue weighted by Crippen LogP contribution is -1.82. The number of methoxy groups -OCH3 is 1. The SMILES string of the molecule is COc1cccc2c1sn1c3ccccc3c(C=O)c21. The van der Waals surface area contributed by atoms with Gasteiger partial charge in [0.15, 0.2) is 6.29 Å². The van der Waals surface area contributed by atoms with Crippen molar-refractivity contribution in [3.8, 4) is 5.75 Å². The molecule has 3 nitrogen and oxygen atoms in total. The van der Waals surface area contributed by atoms with E-state index in [9.17, 15) is 4.79 Å². The van der Waals surface area contributed by atoms with Gasteiger partial charge in [0.1, 0.15) is 5.75 Å². The van der Waals surface area contributed by atoms with Crippen LogP contribution in [0.5, 0.6) is 5.75 Å². The molecule has 4 rings (SSSR count). The zero-order valence-corrected chi connectivity index (χ0v) is 11.6. The highest BCUT2D eigenvalue weighted by Gasteiger charge is 2.17. The molecular weight excluding hydrogens is 270 g/mol. The molecule has 2 heterocycles. The van der Waals surface area contributed by atoms with Crippen molar-refractivity contribution in [2.24, 2.45) is 0 Å². The van der Waals surface area contributed by atoms with E-state index in [0.717, 1.165) is 44.1 Å². The predicted molar refractivity (Wildman–Crippen MR) is 82.2 cm³/mol. The van der Waals surface area contributed by atoms with Crippen molar-refractivity contribution in [1.82, 2.24) is 3.79 Å². The van der Waals surface area contributed by atoms with Gasteiger partial charge in [-0.25, -0.2) is 0 Å². The van der Waals surface area contributed by atoms with E-state index in [2.05, 4.69) is 3.79 Å². The van der Waals surface area contributed by atoms with Gasteiger partial charge >= 0.3 is 0 Å². The summed E-state index contributed by atoms with van der Waals surface area (Å²) in [5, 5.41) is 2.06. The summed E-state index contributed by atoms with van der Waals surface area (Å²) in [6, 6.07) is 13.9. The Morgan fingerprint density at radius 2 is 1.90 bits per heavy atom. The molecule has 0 fully saturated rings. The molecule has 0 spiro atoms. The van der Waals surface area contributed by atoms with Crippen LogP contribution in [0.15, 0.2) is 42.5 Å². The van der Waals surface area contributed by atoms with Gasteiger partial charge in [-0.2, -0.15) is 0 Å². The third-order valence-electron chi connectivity index (χ3n) is 3.63. The number of aldehydes is 1. The molecule has 0 unspecified atom stereocenters. The Bertz CT molecular complexity index is 965. The molecule has 2 aromatic heterocycles. The molecule has 0 N–H and O–H groups in total. The number of hydrogen-bond acceptors (Lipinski definition) is 3. The second-order valence-corrected chi connectivity index (χ2v) is 5.58. The number of nitrogens with zero attached hydrogens (tertiary/aromatic N) is 1. The standard InChI is InChI=1S/C16H11NO2S/c1-19-14-8-4-6-11-15-12(9-18)10-5-2-3-7-13(10)17(15)20-16(11)14/h2-9H,1H3. The molecule has 0 amide bonds. The van der Waals surface area contributed by atoms with E-state index >= 15 is 0 Å². The first kappa shape index (κ1) is 11.5. The van der Waals surface area contributed by atoms with Crippen LogP contribution in [0.2, 0.25) is 0 Å². The monoisotopic (exact) mass is 281 g/mol. The third-order valence-corrected chi connectivity index (χ3v) is 4.79. The third kappa shape index (κ3) is 1.31.